The first-order valence-corrected chi connectivity index (χ1v) is 6.36. The van der Waals surface area contributed by atoms with Crippen molar-refractivity contribution in [2.45, 2.75) is 30.4 Å². The van der Waals surface area contributed by atoms with Crippen molar-refractivity contribution in [2.24, 2.45) is 0 Å². The highest BCUT2D eigenvalue weighted by Crippen LogP contribution is 2.52. The summed E-state index contributed by atoms with van der Waals surface area (Å²) in [6.07, 6.45) is -4.65. The summed E-state index contributed by atoms with van der Waals surface area (Å²) in [5.41, 5.74) is -0.873. The van der Waals surface area contributed by atoms with Crippen LogP contribution in [0.1, 0.15) is 18.4 Å². The van der Waals surface area contributed by atoms with E-state index in [0.29, 0.717) is 5.56 Å². The van der Waals surface area contributed by atoms with E-state index in [1.54, 1.807) is 0 Å². The van der Waals surface area contributed by atoms with Gasteiger partial charge in [-0.25, -0.2) is 0 Å². The topological polar surface area (TPSA) is 65.0 Å². The van der Waals surface area contributed by atoms with Crippen LogP contribution < -0.4 is 4.74 Å². The Labute approximate surface area is 124 Å². The zero-order valence-electron chi connectivity index (χ0n) is 11.9. The lowest BCUT2D eigenvalue weighted by Gasteiger charge is -2.51. The van der Waals surface area contributed by atoms with E-state index in [1.807, 2.05) is 0 Å². The fourth-order valence-electron chi connectivity index (χ4n) is 2.69. The lowest BCUT2D eigenvalue weighted by molar-refractivity contribution is -0.277. The first-order valence-electron chi connectivity index (χ1n) is 6.36. The lowest BCUT2D eigenvalue weighted by atomic mass is 9.60. The van der Waals surface area contributed by atoms with Gasteiger partial charge in [-0.15, -0.1) is 13.2 Å². The molecule has 1 fully saturated rings. The average molecular weight is 320 g/mol. The van der Waals surface area contributed by atoms with E-state index in [9.17, 15) is 23.1 Å². The number of carboxylic acid groups (broad SMARTS) is 1. The highest BCUT2D eigenvalue weighted by atomic mass is 19.4. The Morgan fingerprint density at radius 2 is 1.64 bits per heavy atom. The second kappa shape index (κ2) is 5.44. The smallest absolute Gasteiger partial charge is 0.481 e. The van der Waals surface area contributed by atoms with Crippen LogP contribution in [0, 0.1) is 0 Å². The Hall–Kier alpha value is -1.80. The Morgan fingerprint density at radius 1 is 1.14 bits per heavy atom. The number of halogens is 3. The summed E-state index contributed by atoms with van der Waals surface area (Å²) in [6, 6.07) is 4.80. The summed E-state index contributed by atoms with van der Waals surface area (Å²) in [6.45, 7) is 0. The van der Waals surface area contributed by atoms with Crippen LogP contribution in [0.5, 0.6) is 5.75 Å². The number of alkyl halides is 3. The monoisotopic (exact) mass is 320 g/mol. The van der Waals surface area contributed by atoms with Crippen molar-refractivity contribution < 1.29 is 37.3 Å². The van der Waals surface area contributed by atoms with Crippen LogP contribution >= 0.6 is 0 Å². The van der Waals surface area contributed by atoms with Crippen LogP contribution in [-0.4, -0.2) is 37.4 Å². The zero-order valence-corrected chi connectivity index (χ0v) is 11.9. The maximum absolute atomic E-state index is 12.1. The molecule has 0 aromatic heterocycles. The predicted molar refractivity (Wildman–Crippen MR) is 68.4 cm³/mol. The number of benzene rings is 1. The van der Waals surface area contributed by atoms with Gasteiger partial charge in [0.2, 0.25) is 0 Å². The van der Waals surface area contributed by atoms with Crippen LogP contribution in [-0.2, 0) is 19.7 Å². The van der Waals surface area contributed by atoms with Gasteiger partial charge >= 0.3 is 12.3 Å². The zero-order chi connectivity index (χ0) is 16.6. The number of carboxylic acids is 1. The number of hydrogen-bond acceptors (Lipinski definition) is 4. The molecule has 0 aliphatic heterocycles. The van der Waals surface area contributed by atoms with Crippen molar-refractivity contribution in [3.63, 3.8) is 0 Å². The van der Waals surface area contributed by atoms with E-state index >= 15 is 0 Å². The van der Waals surface area contributed by atoms with Gasteiger partial charge in [0.25, 0.3) is 0 Å². The van der Waals surface area contributed by atoms with Crippen LogP contribution in [0.25, 0.3) is 0 Å². The molecule has 0 spiro atoms. The van der Waals surface area contributed by atoms with E-state index in [0.717, 1.165) is 12.1 Å². The van der Waals surface area contributed by atoms with Crippen LogP contribution in [0.2, 0.25) is 0 Å². The minimum Gasteiger partial charge on any atom is -0.481 e. The molecule has 1 aromatic rings. The molecule has 5 nitrogen and oxygen atoms in total. The molecule has 1 aliphatic carbocycles. The normalized spacial score (nSPS) is 19.3. The third-order valence-corrected chi connectivity index (χ3v) is 3.94. The van der Waals surface area contributed by atoms with Crippen molar-refractivity contribution >= 4 is 5.97 Å². The highest BCUT2D eigenvalue weighted by molar-refractivity contribution is 5.83. The fraction of sp³-hybridized carbons (Fsp3) is 0.500. The minimum absolute atomic E-state index is 0.0712. The predicted octanol–water partition coefficient (Wildman–Crippen LogP) is 2.69. The molecule has 0 atom stereocenters. The van der Waals surface area contributed by atoms with E-state index < -0.39 is 29.3 Å². The number of methoxy groups -OCH3 is 2. The van der Waals surface area contributed by atoms with E-state index in [-0.39, 0.29) is 12.8 Å². The van der Waals surface area contributed by atoms with Gasteiger partial charge in [-0.3, -0.25) is 4.79 Å². The largest absolute Gasteiger partial charge is 0.573 e. The summed E-state index contributed by atoms with van der Waals surface area (Å²) in [5, 5.41) is 9.49. The highest BCUT2D eigenvalue weighted by Gasteiger charge is 2.61. The Kier molecular flexibility index (Phi) is 4.09. The fourth-order valence-corrected chi connectivity index (χ4v) is 2.69. The molecule has 1 N–H and O–H groups in total. The molecule has 0 saturated heterocycles. The number of hydrogen-bond donors (Lipinski definition) is 1. The molecular formula is C14H15F3O5. The maximum atomic E-state index is 12.1. The van der Waals surface area contributed by atoms with Crippen molar-refractivity contribution in [3.8, 4) is 5.75 Å². The SMILES string of the molecule is COC1(OC)CC(C(=O)O)(c2ccc(OC(F)(F)F)cc2)C1. The standard InChI is InChI=1S/C14H15F3O5/c1-20-13(21-2)7-12(8-13,11(18)19)9-3-5-10(6-4-9)22-14(15,16)17/h3-6H,7-8H2,1-2H3,(H,18,19). The Bertz CT molecular complexity index is 541. The van der Waals surface area contributed by atoms with E-state index in [1.165, 1.54) is 26.4 Å². The van der Waals surface area contributed by atoms with Gasteiger partial charge in [0.1, 0.15) is 11.2 Å². The molecule has 22 heavy (non-hydrogen) atoms. The Morgan fingerprint density at radius 3 is 2.00 bits per heavy atom. The van der Waals surface area contributed by atoms with Gasteiger partial charge in [-0.1, -0.05) is 12.1 Å². The van der Waals surface area contributed by atoms with Gasteiger partial charge in [0, 0.05) is 27.1 Å². The third-order valence-electron chi connectivity index (χ3n) is 3.94. The summed E-state index contributed by atoms with van der Waals surface area (Å²) in [7, 11) is 2.82. The van der Waals surface area contributed by atoms with Gasteiger partial charge in [-0.05, 0) is 17.7 Å². The molecule has 122 valence electrons. The second-order valence-corrected chi connectivity index (χ2v) is 5.13. The molecular weight excluding hydrogens is 305 g/mol. The van der Waals surface area contributed by atoms with Crippen molar-refractivity contribution in [1.29, 1.82) is 0 Å². The average Bonchev–Trinajstić information content (AvgIpc) is 2.38. The minimum atomic E-state index is -4.79. The number of carbonyl (C=O) groups is 1. The number of aliphatic carboxylic acids is 1. The van der Waals surface area contributed by atoms with E-state index in [2.05, 4.69) is 4.74 Å². The van der Waals surface area contributed by atoms with Gasteiger partial charge in [-0.2, -0.15) is 0 Å². The molecule has 0 amide bonds. The molecule has 0 unspecified atom stereocenters. The third kappa shape index (κ3) is 2.89. The van der Waals surface area contributed by atoms with Gasteiger partial charge < -0.3 is 19.3 Å². The molecule has 1 aromatic carbocycles. The van der Waals surface area contributed by atoms with Crippen LogP contribution in [0.4, 0.5) is 13.2 Å². The van der Waals surface area contributed by atoms with Crippen LogP contribution in [0.15, 0.2) is 24.3 Å². The molecule has 8 heteroatoms. The van der Waals surface area contributed by atoms with E-state index in [4.69, 9.17) is 9.47 Å². The molecule has 2 rings (SSSR count). The molecule has 1 aliphatic rings. The summed E-state index contributed by atoms with van der Waals surface area (Å²) < 4.78 is 50.5. The summed E-state index contributed by atoms with van der Waals surface area (Å²) in [5.74, 6) is -2.47. The van der Waals surface area contributed by atoms with Gasteiger partial charge in [0.05, 0.1) is 0 Å². The summed E-state index contributed by atoms with van der Waals surface area (Å²) in [4.78, 5) is 11.6. The first kappa shape index (κ1) is 16.6. The van der Waals surface area contributed by atoms with Crippen molar-refractivity contribution in [3.05, 3.63) is 29.8 Å². The summed E-state index contributed by atoms with van der Waals surface area (Å²) >= 11 is 0. The number of rotatable bonds is 5. The molecule has 0 radical (unpaired) electrons. The van der Waals surface area contributed by atoms with Gasteiger partial charge in [0.15, 0.2) is 5.79 Å². The number of ether oxygens (including phenoxy) is 3. The first-order chi connectivity index (χ1) is 10.2. The maximum Gasteiger partial charge on any atom is 0.573 e. The quantitative estimate of drug-likeness (QED) is 0.845. The van der Waals surface area contributed by atoms with Crippen molar-refractivity contribution in [1.82, 2.24) is 0 Å². The van der Waals surface area contributed by atoms with Crippen molar-refractivity contribution in [2.75, 3.05) is 14.2 Å². The molecule has 0 heterocycles. The lowest BCUT2D eigenvalue weighted by Crippen LogP contribution is -2.60. The molecule has 0 bridgehead atoms. The molecule has 1 saturated carbocycles. The van der Waals surface area contributed by atoms with Crippen LogP contribution in [0.3, 0.4) is 0 Å². The second-order valence-electron chi connectivity index (χ2n) is 5.13. The Balaban J connectivity index is 2.23.